The van der Waals surface area contributed by atoms with E-state index in [0.717, 1.165) is 5.56 Å². The lowest BCUT2D eigenvalue weighted by Crippen LogP contribution is -2.45. The molecule has 23 heavy (non-hydrogen) atoms. The summed E-state index contributed by atoms with van der Waals surface area (Å²) in [4.78, 5) is 24.5. The van der Waals surface area contributed by atoms with Gasteiger partial charge in [0.15, 0.2) is 0 Å². The number of carbonyl (C=O) groups is 2. The Balaban J connectivity index is 1.96. The maximum Gasteiger partial charge on any atom is 0.317 e. The normalized spacial score (nSPS) is 21.9. The zero-order valence-electron chi connectivity index (χ0n) is 13.3. The Bertz CT molecular complexity index is 548. The highest BCUT2D eigenvalue weighted by Crippen LogP contribution is 2.24. The molecule has 126 valence electrons. The standard InChI is InChI=1S/C17H23FN2O3/c1-17(18)9-10-20(12-17)16(23)19-14(7-8-15(21)22)11-13-5-3-2-4-6-13/h2-6,14H,7-12H2,1H3,(H,19,23)(H,21,22). The molecule has 1 aromatic carbocycles. The van der Waals surface area contributed by atoms with E-state index < -0.39 is 11.6 Å². The molecule has 2 unspecified atom stereocenters. The summed E-state index contributed by atoms with van der Waals surface area (Å²) in [5, 5.41) is 11.7. The molecule has 0 saturated carbocycles. The first-order valence-corrected chi connectivity index (χ1v) is 7.86. The zero-order chi connectivity index (χ0) is 16.9. The van der Waals surface area contributed by atoms with E-state index in [0.29, 0.717) is 25.8 Å². The molecule has 1 aliphatic rings. The predicted octanol–water partition coefficient (Wildman–Crippen LogP) is 2.61. The van der Waals surface area contributed by atoms with Crippen molar-refractivity contribution in [1.82, 2.24) is 10.2 Å². The second kappa shape index (κ2) is 7.44. The van der Waals surface area contributed by atoms with Gasteiger partial charge in [-0.05, 0) is 25.3 Å². The lowest BCUT2D eigenvalue weighted by molar-refractivity contribution is -0.137. The molecule has 0 aliphatic carbocycles. The summed E-state index contributed by atoms with van der Waals surface area (Å²) in [7, 11) is 0. The Morgan fingerprint density at radius 3 is 2.65 bits per heavy atom. The second-order valence-electron chi connectivity index (χ2n) is 6.35. The zero-order valence-corrected chi connectivity index (χ0v) is 13.3. The van der Waals surface area contributed by atoms with Gasteiger partial charge in [0.25, 0.3) is 0 Å². The van der Waals surface area contributed by atoms with Crippen molar-refractivity contribution in [2.45, 2.75) is 44.3 Å². The number of amides is 2. The molecule has 1 aromatic rings. The van der Waals surface area contributed by atoms with Gasteiger partial charge < -0.3 is 15.3 Å². The minimum atomic E-state index is -1.34. The number of rotatable bonds is 6. The lowest BCUT2D eigenvalue weighted by Gasteiger charge is -2.23. The maximum absolute atomic E-state index is 13.9. The third-order valence-electron chi connectivity index (χ3n) is 4.07. The van der Waals surface area contributed by atoms with Gasteiger partial charge in [0, 0.05) is 25.4 Å². The fraction of sp³-hybridized carbons (Fsp3) is 0.529. The van der Waals surface area contributed by atoms with Gasteiger partial charge in [-0.1, -0.05) is 30.3 Å². The SMILES string of the molecule is CC1(F)CCN(C(=O)NC(CCC(=O)O)Cc2ccccc2)C1. The van der Waals surface area contributed by atoms with Crippen LogP contribution in [0.1, 0.15) is 31.7 Å². The van der Waals surface area contributed by atoms with E-state index in [1.165, 1.54) is 11.8 Å². The molecule has 0 aromatic heterocycles. The Labute approximate surface area is 135 Å². The highest BCUT2D eigenvalue weighted by molar-refractivity contribution is 5.75. The summed E-state index contributed by atoms with van der Waals surface area (Å²) in [5.41, 5.74) is -0.312. The summed E-state index contributed by atoms with van der Waals surface area (Å²) in [5.74, 6) is -0.894. The van der Waals surface area contributed by atoms with Crippen LogP contribution < -0.4 is 5.32 Å². The van der Waals surface area contributed by atoms with Crippen LogP contribution in [0.5, 0.6) is 0 Å². The van der Waals surface area contributed by atoms with Gasteiger partial charge in [-0.3, -0.25) is 4.79 Å². The number of carboxylic acid groups (broad SMARTS) is 1. The van der Waals surface area contributed by atoms with Gasteiger partial charge in [0.1, 0.15) is 5.67 Å². The number of aliphatic carboxylic acids is 1. The quantitative estimate of drug-likeness (QED) is 0.846. The Kier molecular flexibility index (Phi) is 5.58. The first kappa shape index (κ1) is 17.2. The van der Waals surface area contributed by atoms with Crippen LogP contribution in [-0.4, -0.2) is 46.8 Å². The van der Waals surface area contributed by atoms with Crippen molar-refractivity contribution < 1.29 is 19.1 Å². The summed E-state index contributed by atoms with van der Waals surface area (Å²) < 4.78 is 13.9. The summed E-state index contributed by atoms with van der Waals surface area (Å²) >= 11 is 0. The molecule has 2 amide bonds. The molecular formula is C17H23FN2O3. The van der Waals surface area contributed by atoms with Crippen LogP contribution in [-0.2, 0) is 11.2 Å². The second-order valence-corrected chi connectivity index (χ2v) is 6.35. The fourth-order valence-corrected chi connectivity index (χ4v) is 2.78. The number of likely N-dealkylation sites (tertiary alicyclic amines) is 1. The molecule has 1 heterocycles. The Morgan fingerprint density at radius 1 is 1.39 bits per heavy atom. The van der Waals surface area contributed by atoms with Crippen LogP contribution in [0.3, 0.4) is 0 Å². The van der Waals surface area contributed by atoms with Crippen molar-refractivity contribution >= 4 is 12.0 Å². The topological polar surface area (TPSA) is 69.6 Å². The number of carboxylic acids is 1. The molecule has 2 rings (SSSR count). The van der Waals surface area contributed by atoms with E-state index in [1.807, 2.05) is 30.3 Å². The van der Waals surface area contributed by atoms with Crippen LogP contribution in [0.25, 0.3) is 0 Å². The minimum Gasteiger partial charge on any atom is -0.481 e. The highest BCUT2D eigenvalue weighted by Gasteiger charge is 2.36. The van der Waals surface area contributed by atoms with E-state index >= 15 is 0 Å². The van der Waals surface area contributed by atoms with Crippen molar-refractivity contribution in [2.75, 3.05) is 13.1 Å². The number of nitrogens with one attached hydrogen (secondary N) is 1. The number of urea groups is 1. The van der Waals surface area contributed by atoms with Crippen molar-refractivity contribution in [3.8, 4) is 0 Å². The molecular weight excluding hydrogens is 299 g/mol. The Morgan fingerprint density at radius 2 is 2.09 bits per heavy atom. The summed E-state index contributed by atoms with van der Waals surface area (Å²) in [6.45, 7) is 1.96. The molecule has 2 atom stereocenters. The third-order valence-corrected chi connectivity index (χ3v) is 4.07. The average molecular weight is 322 g/mol. The molecule has 1 saturated heterocycles. The lowest BCUT2D eigenvalue weighted by atomic mass is 10.0. The summed E-state index contributed by atoms with van der Waals surface area (Å²) in [6.07, 6.45) is 1.22. The fourth-order valence-electron chi connectivity index (χ4n) is 2.78. The number of carbonyl (C=O) groups excluding carboxylic acids is 1. The molecule has 1 fully saturated rings. The molecule has 1 aliphatic heterocycles. The number of halogens is 1. The largest absolute Gasteiger partial charge is 0.481 e. The molecule has 0 bridgehead atoms. The van der Waals surface area contributed by atoms with E-state index in [4.69, 9.17) is 5.11 Å². The highest BCUT2D eigenvalue weighted by atomic mass is 19.1. The van der Waals surface area contributed by atoms with Crippen LogP contribution in [0.15, 0.2) is 30.3 Å². The monoisotopic (exact) mass is 322 g/mol. The van der Waals surface area contributed by atoms with Gasteiger partial charge in [0.2, 0.25) is 0 Å². The first-order chi connectivity index (χ1) is 10.9. The van der Waals surface area contributed by atoms with Crippen LogP contribution in [0.2, 0.25) is 0 Å². The molecule has 0 spiro atoms. The molecule has 0 radical (unpaired) electrons. The third kappa shape index (κ3) is 5.54. The number of benzene rings is 1. The number of hydrogen-bond acceptors (Lipinski definition) is 2. The Hall–Kier alpha value is -2.11. The van der Waals surface area contributed by atoms with E-state index in [2.05, 4.69) is 5.32 Å². The predicted molar refractivity (Wildman–Crippen MR) is 85.0 cm³/mol. The number of hydrogen-bond donors (Lipinski definition) is 2. The average Bonchev–Trinajstić information content (AvgIpc) is 2.86. The van der Waals surface area contributed by atoms with E-state index in [9.17, 15) is 14.0 Å². The van der Waals surface area contributed by atoms with Gasteiger partial charge in [-0.2, -0.15) is 0 Å². The first-order valence-electron chi connectivity index (χ1n) is 7.86. The maximum atomic E-state index is 13.9. The van der Waals surface area contributed by atoms with Gasteiger partial charge in [0.05, 0.1) is 6.54 Å². The number of nitrogens with zero attached hydrogens (tertiary/aromatic N) is 1. The smallest absolute Gasteiger partial charge is 0.317 e. The van der Waals surface area contributed by atoms with Crippen LogP contribution in [0, 0.1) is 0 Å². The summed E-state index contributed by atoms with van der Waals surface area (Å²) in [6, 6.07) is 8.98. The van der Waals surface area contributed by atoms with E-state index in [-0.39, 0.29) is 25.0 Å². The van der Waals surface area contributed by atoms with Crippen molar-refractivity contribution in [3.05, 3.63) is 35.9 Å². The van der Waals surface area contributed by atoms with Crippen LogP contribution >= 0.6 is 0 Å². The van der Waals surface area contributed by atoms with Crippen LogP contribution in [0.4, 0.5) is 9.18 Å². The minimum absolute atomic E-state index is 0.0153. The number of alkyl halides is 1. The molecule has 6 heteroatoms. The van der Waals surface area contributed by atoms with Crippen molar-refractivity contribution in [3.63, 3.8) is 0 Å². The van der Waals surface area contributed by atoms with Gasteiger partial charge in [-0.15, -0.1) is 0 Å². The van der Waals surface area contributed by atoms with E-state index in [1.54, 1.807) is 0 Å². The van der Waals surface area contributed by atoms with Gasteiger partial charge in [-0.25, -0.2) is 9.18 Å². The van der Waals surface area contributed by atoms with Crippen molar-refractivity contribution in [1.29, 1.82) is 0 Å². The molecule has 5 nitrogen and oxygen atoms in total. The molecule has 2 N–H and O–H groups in total. The van der Waals surface area contributed by atoms with Crippen molar-refractivity contribution in [2.24, 2.45) is 0 Å². The van der Waals surface area contributed by atoms with Gasteiger partial charge >= 0.3 is 12.0 Å².